The van der Waals surface area contributed by atoms with Crippen LogP contribution in [0.4, 0.5) is 5.69 Å². The highest BCUT2D eigenvalue weighted by Crippen LogP contribution is 2.44. The molecule has 1 aromatic carbocycles. The molecule has 0 aliphatic carbocycles. The maximum atomic E-state index is 6.21. The third kappa shape index (κ3) is 1.44. The van der Waals surface area contributed by atoms with Crippen molar-refractivity contribution in [1.82, 2.24) is 5.32 Å². The molecule has 0 unspecified atom stereocenters. The zero-order valence-corrected chi connectivity index (χ0v) is 10.6. The van der Waals surface area contributed by atoms with E-state index in [2.05, 4.69) is 36.2 Å². The Bertz CT molecular complexity index is 440. The highest BCUT2D eigenvalue weighted by Gasteiger charge is 2.37. The summed E-state index contributed by atoms with van der Waals surface area (Å²) in [5.74, 6) is 0. The zero-order valence-electron chi connectivity index (χ0n) is 9.81. The van der Waals surface area contributed by atoms with Gasteiger partial charge in [-0.25, -0.2) is 0 Å². The Morgan fingerprint density at radius 1 is 1.38 bits per heavy atom. The quantitative estimate of drug-likeness (QED) is 0.745. The Morgan fingerprint density at radius 2 is 2.19 bits per heavy atom. The second-order valence-corrected chi connectivity index (χ2v) is 5.88. The van der Waals surface area contributed by atoms with Gasteiger partial charge in [0, 0.05) is 42.3 Å². The molecular weight excluding hydrogens is 220 g/mol. The van der Waals surface area contributed by atoms with Crippen molar-refractivity contribution in [3.8, 4) is 0 Å². The molecule has 3 heteroatoms. The lowest BCUT2D eigenvalue weighted by Crippen LogP contribution is -2.32. The minimum Gasteiger partial charge on any atom is -0.369 e. The summed E-state index contributed by atoms with van der Waals surface area (Å²) in [7, 11) is 0. The second kappa shape index (κ2) is 3.38. The molecule has 0 aromatic heterocycles. The molecule has 2 heterocycles. The lowest BCUT2D eigenvalue weighted by Gasteiger charge is -2.21. The number of benzene rings is 1. The van der Waals surface area contributed by atoms with Crippen molar-refractivity contribution in [1.29, 1.82) is 0 Å². The van der Waals surface area contributed by atoms with Crippen LogP contribution in [0.2, 0.25) is 5.02 Å². The smallest absolute Gasteiger partial charge is 0.0452 e. The van der Waals surface area contributed by atoms with Crippen LogP contribution in [0.5, 0.6) is 0 Å². The number of halogens is 1. The van der Waals surface area contributed by atoms with Crippen molar-refractivity contribution in [3.05, 3.63) is 28.3 Å². The summed E-state index contributed by atoms with van der Waals surface area (Å²) in [5, 5.41) is 4.32. The second-order valence-electron chi connectivity index (χ2n) is 5.44. The molecule has 0 saturated carbocycles. The predicted molar refractivity (Wildman–Crippen MR) is 68.4 cm³/mol. The zero-order chi connectivity index (χ0) is 11.3. The van der Waals surface area contributed by atoms with E-state index >= 15 is 0 Å². The molecule has 0 saturated heterocycles. The summed E-state index contributed by atoms with van der Waals surface area (Å²) in [5.41, 5.74) is 4.43. The number of anilines is 1. The first-order valence-electron chi connectivity index (χ1n) is 5.86. The van der Waals surface area contributed by atoms with Crippen molar-refractivity contribution < 1.29 is 0 Å². The summed E-state index contributed by atoms with van der Waals surface area (Å²) < 4.78 is 0. The van der Waals surface area contributed by atoms with E-state index in [0.29, 0.717) is 0 Å². The highest BCUT2D eigenvalue weighted by atomic mass is 35.5. The topological polar surface area (TPSA) is 15.3 Å². The third-order valence-electron chi connectivity index (χ3n) is 3.66. The van der Waals surface area contributed by atoms with Crippen LogP contribution in [0.25, 0.3) is 0 Å². The molecule has 2 aliphatic rings. The summed E-state index contributed by atoms with van der Waals surface area (Å²) >= 11 is 6.21. The van der Waals surface area contributed by atoms with Gasteiger partial charge in [-0.1, -0.05) is 25.4 Å². The van der Waals surface area contributed by atoms with E-state index in [9.17, 15) is 0 Å². The maximum Gasteiger partial charge on any atom is 0.0452 e. The average molecular weight is 237 g/mol. The molecule has 1 N–H and O–H groups in total. The lowest BCUT2D eigenvalue weighted by molar-refractivity contribution is 0.545. The molecule has 1 aromatic rings. The molecule has 16 heavy (non-hydrogen) atoms. The molecular formula is C13H17ClN2. The summed E-state index contributed by atoms with van der Waals surface area (Å²) in [6.07, 6.45) is 0. The van der Waals surface area contributed by atoms with Crippen LogP contribution < -0.4 is 10.2 Å². The number of nitrogens with one attached hydrogen (secondary N) is 1. The van der Waals surface area contributed by atoms with Gasteiger partial charge in [-0.05, 0) is 23.3 Å². The number of hydrogen-bond acceptors (Lipinski definition) is 2. The normalized spacial score (nSPS) is 21.8. The first-order chi connectivity index (χ1) is 7.58. The van der Waals surface area contributed by atoms with Gasteiger partial charge in [-0.3, -0.25) is 0 Å². The predicted octanol–water partition coefficient (Wildman–Crippen LogP) is 2.54. The first-order valence-corrected chi connectivity index (χ1v) is 6.24. The van der Waals surface area contributed by atoms with Gasteiger partial charge in [0.1, 0.15) is 0 Å². The molecule has 0 atom stereocenters. The molecule has 0 spiro atoms. The van der Waals surface area contributed by atoms with Crippen LogP contribution in [-0.4, -0.2) is 19.6 Å². The van der Waals surface area contributed by atoms with Crippen LogP contribution in [-0.2, 0) is 12.0 Å². The summed E-state index contributed by atoms with van der Waals surface area (Å²) in [6.45, 7) is 8.82. The van der Waals surface area contributed by atoms with Crippen LogP contribution >= 0.6 is 11.6 Å². The third-order valence-corrected chi connectivity index (χ3v) is 3.88. The highest BCUT2D eigenvalue weighted by molar-refractivity contribution is 6.30. The van der Waals surface area contributed by atoms with Crippen molar-refractivity contribution in [2.45, 2.75) is 25.8 Å². The van der Waals surface area contributed by atoms with Gasteiger partial charge in [0.2, 0.25) is 0 Å². The van der Waals surface area contributed by atoms with E-state index in [4.69, 9.17) is 11.6 Å². The van der Waals surface area contributed by atoms with Crippen LogP contribution in [0.3, 0.4) is 0 Å². The van der Waals surface area contributed by atoms with Crippen LogP contribution in [0, 0.1) is 0 Å². The standard InChI is InChI=1S/C13H17ClN2/c1-13(2)8-16-4-3-15-7-9-5-10(14)6-11(13)12(9)16/h5-6,15H,3-4,7-8H2,1-2H3. The fraction of sp³-hybridized carbons (Fsp3) is 0.538. The number of nitrogens with zero attached hydrogens (tertiary/aromatic N) is 1. The Hall–Kier alpha value is -0.730. The fourth-order valence-electron chi connectivity index (χ4n) is 2.95. The van der Waals surface area contributed by atoms with E-state index in [0.717, 1.165) is 31.2 Å². The Labute approximate surface area is 102 Å². The van der Waals surface area contributed by atoms with E-state index in [1.807, 2.05) is 0 Å². The van der Waals surface area contributed by atoms with Crippen molar-refractivity contribution in [2.24, 2.45) is 0 Å². The Balaban J connectivity index is 2.24. The van der Waals surface area contributed by atoms with E-state index < -0.39 is 0 Å². The minimum absolute atomic E-state index is 0.228. The molecule has 0 amide bonds. The van der Waals surface area contributed by atoms with Gasteiger partial charge >= 0.3 is 0 Å². The molecule has 3 rings (SSSR count). The van der Waals surface area contributed by atoms with Crippen molar-refractivity contribution >= 4 is 17.3 Å². The summed E-state index contributed by atoms with van der Waals surface area (Å²) in [6, 6.07) is 4.25. The molecule has 2 nitrogen and oxygen atoms in total. The van der Waals surface area contributed by atoms with Crippen LogP contribution in [0.15, 0.2) is 12.1 Å². The molecule has 0 bridgehead atoms. The first kappa shape index (κ1) is 10.4. The lowest BCUT2D eigenvalue weighted by atomic mass is 9.86. The molecule has 0 fully saturated rings. The molecule has 2 aliphatic heterocycles. The van der Waals surface area contributed by atoms with Crippen molar-refractivity contribution in [2.75, 3.05) is 24.5 Å². The Morgan fingerprint density at radius 3 is 3.00 bits per heavy atom. The number of hydrogen-bond donors (Lipinski definition) is 1. The fourth-order valence-corrected chi connectivity index (χ4v) is 3.19. The van der Waals surface area contributed by atoms with Gasteiger partial charge in [-0.2, -0.15) is 0 Å². The van der Waals surface area contributed by atoms with Gasteiger partial charge in [0.15, 0.2) is 0 Å². The summed E-state index contributed by atoms with van der Waals surface area (Å²) in [4.78, 5) is 2.50. The average Bonchev–Trinajstić information content (AvgIpc) is 2.35. The van der Waals surface area contributed by atoms with Crippen molar-refractivity contribution in [3.63, 3.8) is 0 Å². The number of rotatable bonds is 0. The molecule has 86 valence electrons. The van der Waals surface area contributed by atoms with E-state index in [-0.39, 0.29) is 5.41 Å². The molecule has 0 radical (unpaired) electrons. The van der Waals surface area contributed by atoms with Gasteiger partial charge in [-0.15, -0.1) is 0 Å². The van der Waals surface area contributed by atoms with Gasteiger partial charge in [0.05, 0.1) is 0 Å². The SMILES string of the molecule is CC1(C)CN2CCNCc3cc(Cl)cc1c32. The van der Waals surface area contributed by atoms with E-state index in [1.54, 1.807) is 0 Å². The largest absolute Gasteiger partial charge is 0.369 e. The van der Waals surface area contributed by atoms with E-state index in [1.165, 1.54) is 16.8 Å². The monoisotopic (exact) mass is 236 g/mol. The maximum absolute atomic E-state index is 6.21. The Kier molecular flexibility index (Phi) is 2.20. The minimum atomic E-state index is 0.228. The van der Waals surface area contributed by atoms with Gasteiger partial charge < -0.3 is 10.2 Å². The van der Waals surface area contributed by atoms with Gasteiger partial charge in [0.25, 0.3) is 0 Å². The van der Waals surface area contributed by atoms with Crippen LogP contribution in [0.1, 0.15) is 25.0 Å².